The monoisotopic (exact) mass is 164 g/mol. The molecule has 0 saturated heterocycles. The Balaban J connectivity index is 3.80. The molecule has 60 valence electrons. The first-order chi connectivity index (χ1) is 4.62. The van der Waals surface area contributed by atoms with E-state index in [1.807, 2.05) is 6.92 Å². The van der Waals surface area contributed by atoms with Gasteiger partial charge >= 0.3 is 10.1 Å². The SMILES string of the molecule is CCC=COS(=O)(=O)CC. The second-order valence-corrected chi connectivity index (χ2v) is 3.61. The molecule has 0 fully saturated rings. The predicted molar refractivity (Wildman–Crippen MR) is 40.0 cm³/mol. The molecule has 10 heavy (non-hydrogen) atoms. The van der Waals surface area contributed by atoms with Crippen molar-refractivity contribution in [2.24, 2.45) is 0 Å². The summed E-state index contributed by atoms with van der Waals surface area (Å²) in [6.07, 6.45) is 3.63. The molecule has 0 unspecified atom stereocenters. The van der Waals surface area contributed by atoms with Gasteiger partial charge in [0.15, 0.2) is 0 Å². The number of rotatable bonds is 4. The highest BCUT2D eigenvalue weighted by molar-refractivity contribution is 7.86. The average Bonchev–Trinajstić information content (AvgIpc) is 1.89. The third-order valence-electron chi connectivity index (χ3n) is 0.888. The van der Waals surface area contributed by atoms with E-state index in [9.17, 15) is 8.42 Å². The largest absolute Gasteiger partial charge is 0.391 e. The van der Waals surface area contributed by atoms with Gasteiger partial charge in [-0.2, -0.15) is 8.42 Å². The molecule has 4 heteroatoms. The van der Waals surface area contributed by atoms with Crippen LogP contribution in [0.2, 0.25) is 0 Å². The Hall–Kier alpha value is -0.510. The normalized spacial score (nSPS) is 12.2. The van der Waals surface area contributed by atoms with Gasteiger partial charge in [0.05, 0.1) is 5.75 Å². The molecule has 0 aromatic rings. The van der Waals surface area contributed by atoms with Gasteiger partial charge < -0.3 is 4.18 Å². The Kier molecular flexibility index (Phi) is 4.11. The first-order valence-corrected chi connectivity index (χ1v) is 4.76. The molecule has 3 nitrogen and oxygen atoms in total. The Bertz CT molecular complexity index is 191. The highest BCUT2D eigenvalue weighted by Gasteiger charge is 2.02. The van der Waals surface area contributed by atoms with Gasteiger partial charge in [-0.25, -0.2) is 0 Å². The van der Waals surface area contributed by atoms with Crippen LogP contribution in [0.25, 0.3) is 0 Å². The van der Waals surface area contributed by atoms with Gasteiger partial charge in [0.1, 0.15) is 6.26 Å². The molecule has 0 heterocycles. The molecule has 0 spiro atoms. The van der Waals surface area contributed by atoms with E-state index < -0.39 is 10.1 Å². The molecule has 0 atom stereocenters. The fraction of sp³-hybridized carbons (Fsp3) is 0.667. The highest BCUT2D eigenvalue weighted by atomic mass is 32.2. The minimum absolute atomic E-state index is 0.0149. The van der Waals surface area contributed by atoms with E-state index >= 15 is 0 Å². The lowest BCUT2D eigenvalue weighted by Crippen LogP contribution is -2.03. The number of hydrogen-bond acceptors (Lipinski definition) is 3. The summed E-state index contributed by atoms with van der Waals surface area (Å²) >= 11 is 0. The van der Waals surface area contributed by atoms with Crippen molar-refractivity contribution in [3.8, 4) is 0 Å². The van der Waals surface area contributed by atoms with E-state index in [0.717, 1.165) is 6.42 Å². The third kappa shape index (κ3) is 4.38. The lowest BCUT2D eigenvalue weighted by molar-refractivity contribution is 0.443. The van der Waals surface area contributed by atoms with Gasteiger partial charge in [-0.05, 0) is 19.4 Å². The summed E-state index contributed by atoms with van der Waals surface area (Å²) in [6.45, 7) is 3.44. The van der Waals surface area contributed by atoms with Gasteiger partial charge in [-0.1, -0.05) is 6.92 Å². The summed E-state index contributed by atoms with van der Waals surface area (Å²) in [4.78, 5) is 0. The van der Waals surface area contributed by atoms with Crippen LogP contribution in [0, 0.1) is 0 Å². The van der Waals surface area contributed by atoms with E-state index in [0.29, 0.717) is 0 Å². The van der Waals surface area contributed by atoms with Gasteiger partial charge in [0, 0.05) is 0 Å². The summed E-state index contributed by atoms with van der Waals surface area (Å²) in [6, 6.07) is 0. The Labute approximate surface area is 61.8 Å². The lowest BCUT2D eigenvalue weighted by atomic mass is 10.5. The molecule has 0 aromatic carbocycles. The van der Waals surface area contributed by atoms with Crippen LogP contribution < -0.4 is 0 Å². The maximum Gasteiger partial charge on any atom is 0.308 e. The van der Waals surface area contributed by atoms with Crippen LogP contribution in [-0.2, 0) is 14.3 Å². The topological polar surface area (TPSA) is 43.4 Å². The minimum Gasteiger partial charge on any atom is -0.391 e. The molecular formula is C6H12O3S. The summed E-state index contributed by atoms with van der Waals surface area (Å²) in [5, 5.41) is 0. The van der Waals surface area contributed by atoms with Gasteiger partial charge in [0.25, 0.3) is 0 Å². The van der Waals surface area contributed by atoms with Crippen LogP contribution in [0.4, 0.5) is 0 Å². The Morgan fingerprint density at radius 1 is 1.40 bits per heavy atom. The van der Waals surface area contributed by atoms with Crippen LogP contribution in [-0.4, -0.2) is 14.2 Å². The first kappa shape index (κ1) is 9.49. The number of allylic oxidation sites excluding steroid dienone is 1. The molecule has 0 aliphatic heterocycles. The summed E-state index contributed by atoms with van der Waals surface area (Å²) in [5.41, 5.74) is 0. The zero-order valence-electron chi connectivity index (χ0n) is 6.20. The molecule has 0 aromatic heterocycles. The second kappa shape index (κ2) is 4.33. The zero-order valence-corrected chi connectivity index (χ0v) is 7.02. The maximum atomic E-state index is 10.6. The Morgan fingerprint density at radius 2 is 2.00 bits per heavy atom. The van der Waals surface area contributed by atoms with E-state index in [2.05, 4.69) is 4.18 Å². The van der Waals surface area contributed by atoms with Gasteiger partial charge in [-0.15, -0.1) is 0 Å². The summed E-state index contributed by atoms with van der Waals surface area (Å²) in [5.74, 6) is 0.0149. The van der Waals surface area contributed by atoms with Crippen LogP contribution >= 0.6 is 0 Å². The van der Waals surface area contributed by atoms with E-state index in [-0.39, 0.29) is 5.75 Å². The van der Waals surface area contributed by atoms with Crippen molar-refractivity contribution in [2.45, 2.75) is 20.3 Å². The quantitative estimate of drug-likeness (QED) is 0.464. The summed E-state index contributed by atoms with van der Waals surface area (Å²) < 4.78 is 25.6. The average molecular weight is 164 g/mol. The van der Waals surface area contributed by atoms with Crippen molar-refractivity contribution in [3.05, 3.63) is 12.3 Å². The second-order valence-electron chi connectivity index (χ2n) is 1.72. The van der Waals surface area contributed by atoms with Crippen molar-refractivity contribution in [2.75, 3.05) is 5.75 Å². The molecule has 0 amide bonds. The molecule has 0 saturated carbocycles. The predicted octanol–water partition coefficient (Wildman–Crippen LogP) is 1.28. The van der Waals surface area contributed by atoms with Gasteiger partial charge in [0.2, 0.25) is 0 Å². The van der Waals surface area contributed by atoms with Crippen LogP contribution in [0.5, 0.6) is 0 Å². The summed E-state index contributed by atoms with van der Waals surface area (Å²) in [7, 11) is -3.28. The van der Waals surface area contributed by atoms with E-state index in [1.54, 1.807) is 6.08 Å². The molecular weight excluding hydrogens is 152 g/mol. The van der Waals surface area contributed by atoms with Gasteiger partial charge in [-0.3, -0.25) is 0 Å². The highest BCUT2D eigenvalue weighted by Crippen LogP contribution is 1.93. The van der Waals surface area contributed by atoms with Crippen molar-refractivity contribution in [3.63, 3.8) is 0 Å². The van der Waals surface area contributed by atoms with Crippen molar-refractivity contribution < 1.29 is 12.6 Å². The number of hydrogen-bond donors (Lipinski definition) is 0. The minimum atomic E-state index is -3.28. The smallest absolute Gasteiger partial charge is 0.308 e. The fourth-order valence-corrected chi connectivity index (χ4v) is 0.672. The standard InChI is InChI=1S/C6H12O3S/c1-3-5-6-9-10(7,8)4-2/h5-6H,3-4H2,1-2H3. The van der Waals surface area contributed by atoms with Crippen LogP contribution in [0.1, 0.15) is 20.3 Å². The first-order valence-electron chi connectivity index (χ1n) is 3.18. The molecule has 0 radical (unpaired) electrons. The van der Waals surface area contributed by atoms with Crippen LogP contribution in [0.15, 0.2) is 12.3 Å². The Morgan fingerprint density at radius 3 is 2.40 bits per heavy atom. The zero-order chi connectivity index (χ0) is 8.04. The lowest BCUT2D eigenvalue weighted by Gasteiger charge is -1.96. The van der Waals surface area contributed by atoms with Crippen molar-refractivity contribution in [1.82, 2.24) is 0 Å². The third-order valence-corrected chi connectivity index (χ3v) is 2.00. The molecule has 0 bridgehead atoms. The van der Waals surface area contributed by atoms with E-state index in [4.69, 9.17) is 0 Å². The molecule has 0 rings (SSSR count). The van der Waals surface area contributed by atoms with Crippen molar-refractivity contribution in [1.29, 1.82) is 0 Å². The molecule has 0 aliphatic carbocycles. The molecule has 0 N–H and O–H groups in total. The maximum absolute atomic E-state index is 10.6. The van der Waals surface area contributed by atoms with Crippen LogP contribution in [0.3, 0.4) is 0 Å². The molecule has 0 aliphatic rings. The fourth-order valence-electron chi connectivity index (χ4n) is 0.288. The van der Waals surface area contributed by atoms with Crippen molar-refractivity contribution >= 4 is 10.1 Å². The van der Waals surface area contributed by atoms with E-state index in [1.165, 1.54) is 13.2 Å².